The van der Waals surface area contributed by atoms with Gasteiger partial charge in [-0.25, -0.2) is 0 Å². The van der Waals surface area contributed by atoms with Gasteiger partial charge in [-0.05, 0) is 33.4 Å². The second-order valence-electron chi connectivity index (χ2n) is 5.12. The van der Waals surface area contributed by atoms with Crippen molar-refractivity contribution in [2.24, 2.45) is 5.73 Å². The molecule has 0 saturated heterocycles. The van der Waals surface area contributed by atoms with Gasteiger partial charge in [-0.15, -0.1) is 0 Å². The fourth-order valence-corrected chi connectivity index (χ4v) is 2.12. The zero-order chi connectivity index (χ0) is 15.4. The Balaban J connectivity index is 1.78. The molecule has 1 amide bonds. The number of hydrogen-bond donors (Lipinski definition) is 1. The molecule has 0 spiro atoms. The van der Waals surface area contributed by atoms with E-state index < -0.39 is 5.91 Å². The first-order valence-electron chi connectivity index (χ1n) is 6.77. The molecule has 2 rings (SSSR count). The van der Waals surface area contributed by atoms with Gasteiger partial charge in [0.2, 0.25) is 5.89 Å². The normalized spacial score (nSPS) is 11.2. The van der Waals surface area contributed by atoms with E-state index in [-0.39, 0.29) is 5.82 Å². The van der Waals surface area contributed by atoms with Gasteiger partial charge in [-0.3, -0.25) is 14.4 Å². The standard InChI is InChI=1S/C13H20N6O2/c1-9-7-10(2)19(16-9)6-4-5-18(3)8-11-15-13(12(14)20)17-21-11/h7H,4-6,8H2,1-3H3,(H2,14,20). The Kier molecular flexibility index (Phi) is 4.69. The lowest BCUT2D eigenvalue weighted by Gasteiger charge is -2.14. The Bertz CT molecular complexity index is 618. The van der Waals surface area contributed by atoms with Crippen LogP contribution in [0, 0.1) is 13.8 Å². The van der Waals surface area contributed by atoms with E-state index in [1.807, 2.05) is 30.5 Å². The van der Waals surface area contributed by atoms with Crippen molar-refractivity contribution in [1.29, 1.82) is 0 Å². The average molecular weight is 292 g/mol. The molecule has 114 valence electrons. The summed E-state index contributed by atoms with van der Waals surface area (Å²) in [5.41, 5.74) is 7.27. The third-order valence-corrected chi connectivity index (χ3v) is 3.11. The van der Waals surface area contributed by atoms with Crippen LogP contribution in [0.1, 0.15) is 34.3 Å². The molecule has 8 nitrogen and oxygen atoms in total. The SMILES string of the molecule is Cc1cc(C)n(CCCN(C)Cc2nc(C(N)=O)no2)n1. The van der Waals surface area contributed by atoms with Gasteiger partial charge in [-0.2, -0.15) is 10.1 Å². The summed E-state index contributed by atoms with van der Waals surface area (Å²) in [7, 11) is 1.95. The molecule has 0 atom stereocenters. The summed E-state index contributed by atoms with van der Waals surface area (Å²) in [4.78, 5) is 16.8. The molecule has 0 radical (unpaired) electrons. The Morgan fingerprint density at radius 2 is 2.24 bits per heavy atom. The average Bonchev–Trinajstić information content (AvgIpc) is 2.97. The summed E-state index contributed by atoms with van der Waals surface area (Å²) in [6.07, 6.45) is 0.954. The maximum atomic E-state index is 10.9. The van der Waals surface area contributed by atoms with Crippen LogP contribution < -0.4 is 5.73 Å². The monoisotopic (exact) mass is 292 g/mol. The summed E-state index contributed by atoms with van der Waals surface area (Å²) in [6, 6.07) is 2.06. The lowest BCUT2D eigenvalue weighted by Crippen LogP contribution is -2.21. The number of aryl methyl sites for hydroxylation is 3. The second-order valence-corrected chi connectivity index (χ2v) is 5.12. The molecule has 0 aliphatic rings. The van der Waals surface area contributed by atoms with Crippen LogP contribution in [0.5, 0.6) is 0 Å². The first-order valence-corrected chi connectivity index (χ1v) is 6.77. The van der Waals surface area contributed by atoms with E-state index in [4.69, 9.17) is 10.3 Å². The first-order chi connectivity index (χ1) is 9.95. The Morgan fingerprint density at radius 3 is 2.81 bits per heavy atom. The minimum Gasteiger partial charge on any atom is -0.363 e. The third-order valence-electron chi connectivity index (χ3n) is 3.11. The van der Waals surface area contributed by atoms with E-state index >= 15 is 0 Å². The van der Waals surface area contributed by atoms with Crippen LogP contribution in [-0.2, 0) is 13.1 Å². The molecule has 2 N–H and O–H groups in total. The maximum Gasteiger partial charge on any atom is 0.290 e. The maximum absolute atomic E-state index is 10.9. The number of aromatic nitrogens is 4. The van der Waals surface area contributed by atoms with Gasteiger partial charge in [0.15, 0.2) is 0 Å². The molecule has 0 saturated carbocycles. The zero-order valence-electron chi connectivity index (χ0n) is 12.5. The number of nitrogens with zero attached hydrogens (tertiary/aromatic N) is 5. The largest absolute Gasteiger partial charge is 0.363 e. The van der Waals surface area contributed by atoms with Gasteiger partial charge in [0, 0.05) is 18.8 Å². The van der Waals surface area contributed by atoms with E-state index in [1.165, 1.54) is 0 Å². The molecule has 8 heteroatoms. The molecule has 2 heterocycles. The van der Waals surface area contributed by atoms with Gasteiger partial charge in [0.25, 0.3) is 11.7 Å². The summed E-state index contributed by atoms with van der Waals surface area (Å²) in [5, 5.41) is 7.93. The molecule has 21 heavy (non-hydrogen) atoms. The van der Waals surface area contributed by atoms with E-state index in [0.29, 0.717) is 12.4 Å². The molecule has 0 aliphatic heterocycles. The smallest absolute Gasteiger partial charge is 0.290 e. The van der Waals surface area contributed by atoms with E-state index in [1.54, 1.807) is 0 Å². The summed E-state index contributed by atoms with van der Waals surface area (Å²) in [5.74, 6) is -0.379. The molecular weight excluding hydrogens is 272 g/mol. The predicted octanol–water partition coefficient (Wildman–Crippen LogP) is 0.504. The van der Waals surface area contributed by atoms with Crippen molar-refractivity contribution in [1.82, 2.24) is 24.8 Å². The molecule has 0 aliphatic carbocycles. The van der Waals surface area contributed by atoms with Crippen molar-refractivity contribution < 1.29 is 9.32 Å². The highest BCUT2D eigenvalue weighted by molar-refractivity contribution is 5.88. The highest BCUT2D eigenvalue weighted by atomic mass is 16.5. The Labute approximate surface area is 122 Å². The van der Waals surface area contributed by atoms with Crippen molar-refractivity contribution in [3.8, 4) is 0 Å². The lowest BCUT2D eigenvalue weighted by atomic mass is 10.3. The van der Waals surface area contributed by atoms with Crippen molar-refractivity contribution in [2.75, 3.05) is 13.6 Å². The molecular formula is C13H20N6O2. The van der Waals surface area contributed by atoms with E-state index in [0.717, 1.165) is 30.9 Å². The summed E-state index contributed by atoms with van der Waals surface area (Å²) in [6.45, 7) is 6.24. The van der Waals surface area contributed by atoms with Gasteiger partial charge in [0.05, 0.1) is 12.2 Å². The number of nitrogens with two attached hydrogens (primary N) is 1. The fourth-order valence-electron chi connectivity index (χ4n) is 2.12. The van der Waals surface area contributed by atoms with Crippen LogP contribution in [0.25, 0.3) is 0 Å². The topological polar surface area (TPSA) is 103 Å². The summed E-state index contributed by atoms with van der Waals surface area (Å²) >= 11 is 0. The van der Waals surface area contributed by atoms with Crippen molar-refractivity contribution >= 4 is 5.91 Å². The van der Waals surface area contributed by atoms with Gasteiger partial charge in [0.1, 0.15) is 0 Å². The number of rotatable bonds is 7. The number of carbonyl (C=O) groups is 1. The Hall–Kier alpha value is -2.22. The van der Waals surface area contributed by atoms with Gasteiger partial charge >= 0.3 is 0 Å². The highest BCUT2D eigenvalue weighted by Crippen LogP contribution is 2.05. The summed E-state index contributed by atoms with van der Waals surface area (Å²) < 4.78 is 6.96. The van der Waals surface area contributed by atoms with Gasteiger partial charge in [-0.1, -0.05) is 5.16 Å². The van der Waals surface area contributed by atoms with Crippen LogP contribution >= 0.6 is 0 Å². The lowest BCUT2D eigenvalue weighted by molar-refractivity contribution is 0.0987. The third kappa shape index (κ3) is 4.12. The highest BCUT2D eigenvalue weighted by Gasteiger charge is 2.12. The van der Waals surface area contributed by atoms with Crippen LogP contribution in [0.3, 0.4) is 0 Å². The van der Waals surface area contributed by atoms with Crippen LogP contribution in [0.15, 0.2) is 10.6 Å². The van der Waals surface area contributed by atoms with Crippen molar-refractivity contribution in [3.05, 3.63) is 29.2 Å². The first kappa shape index (κ1) is 15.2. The molecule has 0 fully saturated rings. The van der Waals surface area contributed by atoms with E-state index in [2.05, 4.69) is 21.3 Å². The molecule has 0 unspecified atom stereocenters. The van der Waals surface area contributed by atoms with Crippen molar-refractivity contribution in [2.45, 2.75) is 33.4 Å². The fraction of sp³-hybridized carbons (Fsp3) is 0.538. The second kappa shape index (κ2) is 6.49. The Morgan fingerprint density at radius 1 is 1.48 bits per heavy atom. The van der Waals surface area contributed by atoms with Gasteiger partial charge < -0.3 is 10.3 Å². The minimum atomic E-state index is -0.683. The molecule has 0 bridgehead atoms. The number of hydrogen-bond acceptors (Lipinski definition) is 6. The van der Waals surface area contributed by atoms with Crippen LogP contribution in [0.4, 0.5) is 0 Å². The number of primary amides is 1. The van der Waals surface area contributed by atoms with Crippen molar-refractivity contribution in [3.63, 3.8) is 0 Å². The van der Waals surface area contributed by atoms with Crippen LogP contribution in [0.2, 0.25) is 0 Å². The van der Waals surface area contributed by atoms with E-state index in [9.17, 15) is 4.79 Å². The molecule has 0 aromatic carbocycles. The predicted molar refractivity (Wildman–Crippen MR) is 75.5 cm³/mol. The quantitative estimate of drug-likeness (QED) is 0.797. The van der Waals surface area contributed by atoms with Crippen LogP contribution in [-0.4, -0.2) is 44.3 Å². The number of carbonyl (C=O) groups excluding carboxylic acids is 1. The minimum absolute atomic E-state index is 0.0824. The molecule has 2 aromatic heterocycles. The number of amides is 1. The molecule has 2 aromatic rings. The zero-order valence-corrected chi connectivity index (χ0v) is 12.5.